The van der Waals surface area contributed by atoms with Gasteiger partial charge in [0.25, 0.3) is 0 Å². The number of nitrogens with zero attached hydrogens (tertiary/aromatic N) is 1. The Morgan fingerprint density at radius 2 is 2.14 bits per heavy atom. The molecule has 0 radical (unpaired) electrons. The van der Waals surface area contributed by atoms with Crippen LogP contribution in [0.15, 0.2) is 18.2 Å². The molecule has 7 heteroatoms. The van der Waals surface area contributed by atoms with Crippen molar-refractivity contribution in [3.63, 3.8) is 0 Å². The highest BCUT2D eigenvalue weighted by molar-refractivity contribution is 6.35. The van der Waals surface area contributed by atoms with E-state index in [1.165, 1.54) is 0 Å². The van der Waals surface area contributed by atoms with E-state index in [0.29, 0.717) is 54.8 Å². The van der Waals surface area contributed by atoms with Gasteiger partial charge in [0.2, 0.25) is 11.8 Å². The molecule has 1 aliphatic rings. The Balaban J connectivity index is 1.70. The third-order valence-corrected chi connectivity index (χ3v) is 4.16. The highest BCUT2D eigenvalue weighted by Gasteiger charge is 2.29. The number of halogens is 2. The first kappa shape index (κ1) is 16.9. The molecule has 2 amide bonds. The zero-order valence-electron chi connectivity index (χ0n) is 12.1. The third kappa shape index (κ3) is 4.52. The van der Waals surface area contributed by atoms with Crippen molar-refractivity contribution in [3.8, 4) is 5.75 Å². The maximum atomic E-state index is 12.0. The Kier molecular flexibility index (Phi) is 5.91. The minimum absolute atomic E-state index is 0.0227. The van der Waals surface area contributed by atoms with Gasteiger partial charge in [0.15, 0.2) is 0 Å². The van der Waals surface area contributed by atoms with Gasteiger partial charge >= 0.3 is 0 Å². The van der Waals surface area contributed by atoms with Gasteiger partial charge in [-0.3, -0.25) is 9.59 Å². The van der Waals surface area contributed by atoms with Crippen LogP contribution in [0.4, 0.5) is 0 Å². The Hall–Kier alpha value is -1.46. The first-order chi connectivity index (χ1) is 10.5. The lowest BCUT2D eigenvalue weighted by Crippen LogP contribution is -2.31. The molecule has 1 saturated heterocycles. The molecule has 0 spiro atoms. The molecule has 1 aliphatic heterocycles. The summed E-state index contributed by atoms with van der Waals surface area (Å²) in [5, 5.41) is 0.994. The molecule has 0 aliphatic carbocycles. The van der Waals surface area contributed by atoms with Crippen LogP contribution in [0.25, 0.3) is 0 Å². The molecular formula is C15H18Cl2N2O3. The maximum absolute atomic E-state index is 12.0. The number of benzene rings is 1. The number of primary amides is 1. The zero-order valence-corrected chi connectivity index (χ0v) is 13.6. The van der Waals surface area contributed by atoms with E-state index < -0.39 is 0 Å². The van der Waals surface area contributed by atoms with Gasteiger partial charge in [-0.15, -0.1) is 0 Å². The van der Waals surface area contributed by atoms with Crippen LogP contribution < -0.4 is 10.5 Å². The third-order valence-electron chi connectivity index (χ3n) is 3.63. The largest absolute Gasteiger partial charge is 0.492 e. The molecule has 0 aromatic heterocycles. The molecule has 0 bridgehead atoms. The SMILES string of the molecule is NC(=O)[C@H]1CCN(C(=O)CCCOc2ccc(Cl)cc2Cl)C1. The van der Waals surface area contributed by atoms with E-state index in [9.17, 15) is 9.59 Å². The molecular weight excluding hydrogens is 327 g/mol. The van der Waals surface area contributed by atoms with Crippen molar-refractivity contribution in [1.82, 2.24) is 4.90 Å². The van der Waals surface area contributed by atoms with E-state index in [-0.39, 0.29) is 17.7 Å². The van der Waals surface area contributed by atoms with Gasteiger partial charge in [0, 0.05) is 24.5 Å². The van der Waals surface area contributed by atoms with E-state index in [1.807, 2.05) is 0 Å². The maximum Gasteiger partial charge on any atom is 0.222 e. The lowest BCUT2D eigenvalue weighted by Gasteiger charge is -2.16. The second-order valence-corrected chi connectivity index (χ2v) is 6.10. The molecule has 2 N–H and O–H groups in total. The van der Waals surface area contributed by atoms with Gasteiger partial charge in [-0.1, -0.05) is 23.2 Å². The summed E-state index contributed by atoms with van der Waals surface area (Å²) in [5.74, 6) is 0.0205. The number of likely N-dealkylation sites (tertiary alicyclic amines) is 1. The number of hydrogen-bond acceptors (Lipinski definition) is 3. The van der Waals surface area contributed by atoms with Gasteiger partial charge in [-0.25, -0.2) is 0 Å². The van der Waals surface area contributed by atoms with Crippen LogP contribution in [0.5, 0.6) is 5.75 Å². The van der Waals surface area contributed by atoms with E-state index in [0.717, 1.165) is 0 Å². The van der Waals surface area contributed by atoms with Gasteiger partial charge < -0.3 is 15.4 Å². The lowest BCUT2D eigenvalue weighted by molar-refractivity contribution is -0.130. The van der Waals surface area contributed by atoms with Crippen LogP contribution >= 0.6 is 23.2 Å². The van der Waals surface area contributed by atoms with Crippen LogP contribution in [0.1, 0.15) is 19.3 Å². The zero-order chi connectivity index (χ0) is 16.1. The number of carbonyl (C=O) groups excluding carboxylic acids is 2. The summed E-state index contributed by atoms with van der Waals surface area (Å²) in [5.41, 5.74) is 5.25. The van der Waals surface area contributed by atoms with Crippen LogP contribution in [-0.4, -0.2) is 36.4 Å². The van der Waals surface area contributed by atoms with Crippen LogP contribution in [0.2, 0.25) is 10.0 Å². The van der Waals surface area contributed by atoms with Gasteiger partial charge in [0.05, 0.1) is 17.5 Å². The average Bonchev–Trinajstić information content (AvgIpc) is 2.95. The molecule has 1 aromatic carbocycles. The predicted molar refractivity (Wildman–Crippen MR) is 85.1 cm³/mol. The number of amides is 2. The first-order valence-electron chi connectivity index (χ1n) is 7.12. The Bertz CT molecular complexity index is 566. The average molecular weight is 345 g/mol. The number of hydrogen-bond donors (Lipinski definition) is 1. The number of ether oxygens (including phenoxy) is 1. The molecule has 22 heavy (non-hydrogen) atoms. The molecule has 2 rings (SSSR count). The topological polar surface area (TPSA) is 72.6 Å². The minimum Gasteiger partial charge on any atom is -0.492 e. The number of carbonyl (C=O) groups is 2. The summed E-state index contributed by atoms with van der Waals surface area (Å²) in [7, 11) is 0. The van der Waals surface area contributed by atoms with Crippen molar-refractivity contribution in [2.75, 3.05) is 19.7 Å². The normalized spacial score (nSPS) is 17.5. The van der Waals surface area contributed by atoms with Crippen LogP contribution in [0.3, 0.4) is 0 Å². The van der Waals surface area contributed by atoms with E-state index in [4.69, 9.17) is 33.7 Å². The Morgan fingerprint density at radius 1 is 1.36 bits per heavy atom. The van der Waals surface area contributed by atoms with Gasteiger partial charge in [-0.2, -0.15) is 0 Å². The number of nitrogens with two attached hydrogens (primary N) is 1. The fraction of sp³-hybridized carbons (Fsp3) is 0.467. The summed E-state index contributed by atoms with van der Waals surface area (Å²) >= 11 is 11.8. The van der Waals surface area contributed by atoms with Crippen molar-refractivity contribution in [3.05, 3.63) is 28.2 Å². The monoisotopic (exact) mass is 344 g/mol. The van der Waals surface area contributed by atoms with Gasteiger partial charge in [0.1, 0.15) is 5.75 Å². The molecule has 1 atom stereocenters. The molecule has 5 nitrogen and oxygen atoms in total. The lowest BCUT2D eigenvalue weighted by atomic mass is 10.1. The minimum atomic E-state index is -0.337. The van der Waals surface area contributed by atoms with Crippen molar-refractivity contribution in [1.29, 1.82) is 0 Å². The molecule has 120 valence electrons. The first-order valence-corrected chi connectivity index (χ1v) is 7.88. The Morgan fingerprint density at radius 3 is 2.77 bits per heavy atom. The smallest absolute Gasteiger partial charge is 0.222 e. The molecule has 0 unspecified atom stereocenters. The van der Waals surface area contributed by atoms with Crippen molar-refractivity contribution < 1.29 is 14.3 Å². The van der Waals surface area contributed by atoms with E-state index >= 15 is 0 Å². The quantitative estimate of drug-likeness (QED) is 0.805. The molecule has 1 aromatic rings. The Labute approximate surface area is 139 Å². The summed E-state index contributed by atoms with van der Waals surface area (Å²) in [4.78, 5) is 24.8. The summed E-state index contributed by atoms with van der Waals surface area (Å²) < 4.78 is 5.53. The van der Waals surface area contributed by atoms with Crippen LogP contribution in [-0.2, 0) is 9.59 Å². The standard InChI is InChI=1S/C15H18Cl2N2O3/c16-11-3-4-13(12(17)8-11)22-7-1-2-14(20)19-6-5-10(9-19)15(18)21/h3-4,8,10H,1-2,5-7,9H2,(H2,18,21)/t10-/m0/s1. The highest BCUT2D eigenvalue weighted by Crippen LogP contribution is 2.27. The second-order valence-electron chi connectivity index (χ2n) is 5.25. The fourth-order valence-corrected chi connectivity index (χ4v) is 2.84. The molecule has 1 fully saturated rings. The highest BCUT2D eigenvalue weighted by atomic mass is 35.5. The fourth-order valence-electron chi connectivity index (χ4n) is 2.37. The predicted octanol–water partition coefficient (Wildman–Crippen LogP) is 2.49. The summed E-state index contributed by atoms with van der Waals surface area (Å²) in [6.07, 6.45) is 1.60. The second kappa shape index (κ2) is 7.70. The van der Waals surface area contributed by atoms with Crippen molar-refractivity contribution in [2.24, 2.45) is 11.7 Å². The summed E-state index contributed by atoms with van der Waals surface area (Å²) in [6, 6.07) is 5.00. The van der Waals surface area contributed by atoms with E-state index in [2.05, 4.69) is 0 Å². The number of rotatable bonds is 6. The van der Waals surface area contributed by atoms with E-state index in [1.54, 1.807) is 23.1 Å². The van der Waals surface area contributed by atoms with Crippen molar-refractivity contribution in [2.45, 2.75) is 19.3 Å². The van der Waals surface area contributed by atoms with Crippen LogP contribution in [0, 0.1) is 5.92 Å². The molecule has 1 heterocycles. The van der Waals surface area contributed by atoms with Gasteiger partial charge in [-0.05, 0) is 31.0 Å². The van der Waals surface area contributed by atoms with Crippen molar-refractivity contribution >= 4 is 35.0 Å². The molecule has 0 saturated carbocycles. The summed E-state index contributed by atoms with van der Waals surface area (Å²) in [6.45, 7) is 1.41.